The second-order valence-electron chi connectivity index (χ2n) is 7.81. The van der Waals surface area contributed by atoms with E-state index >= 15 is 0 Å². The van der Waals surface area contributed by atoms with Gasteiger partial charge in [0.2, 0.25) is 0 Å². The Bertz CT molecular complexity index is 929. The summed E-state index contributed by atoms with van der Waals surface area (Å²) < 4.78 is 5.30. The summed E-state index contributed by atoms with van der Waals surface area (Å²) in [6, 6.07) is 12.6. The van der Waals surface area contributed by atoms with Crippen LogP contribution in [0.15, 0.2) is 36.4 Å². The third-order valence-electron chi connectivity index (χ3n) is 5.80. The molecule has 7 heteroatoms. The number of amides is 1. The molecule has 1 heterocycles. The molecule has 1 fully saturated rings. The fourth-order valence-corrected chi connectivity index (χ4v) is 3.99. The molecule has 0 radical (unpaired) electrons. The molecule has 0 bridgehead atoms. The summed E-state index contributed by atoms with van der Waals surface area (Å²) in [5.74, 6) is 0.369. The zero-order valence-electron chi connectivity index (χ0n) is 17.2. The predicted molar refractivity (Wildman–Crippen MR) is 115 cm³/mol. The monoisotopic (exact) mass is 408 g/mol. The van der Waals surface area contributed by atoms with Gasteiger partial charge in [-0.15, -0.1) is 0 Å². The van der Waals surface area contributed by atoms with Gasteiger partial charge in [0.1, 0.15) is 5.75 Å². The zero-order valence-corrected chi connectivity index (χ0v) is 17.2. The molecule has 1 unspecified atom stereocenters. The summed E-state index contributed by atoms with van der Waals surface area (Å²) in [5, 5.41) is 19.4. The normalized spacial score (nSPS) is 16.0. The van der Waals surface area contributed by atoms with E-state index in [2.05, 4.69) is 11.0 Å². The van der Waals surface area contributed by atoms with E-state index in [4.69, 9.17) is 21.5 Å². The van der Waals surface area contributed by atoms with Crippen LogP contribution >= 0.6 is 0 Å². The Balaban J connectivity index is 1.55. The van der Waals surface area contributed by atoms with Gasteiger partial charge in [-0.05, 0) is 73.7 Å². The quantitative estimate of drug-likeness (QED) is 0.603. The van der Waals surface area contributed by atoms with Crippen molar-refractivity contribution in [2.24, 2.45) is 11.7 Å². The van der Waals surface area contributed by atoms with Gasteiger partial charge in [0.25, 0.3) is 5.91 Å². The summed E-state index contributed by atoms with van der Waals surface area (Å²) >= 11 is 0. The third kappa shape index (κ3) is 5.09. The van der Waals surface area contributed by atoms with E-state index < -0.39 is 12.0 Å². The smallest absolute Gasteiger partial charge is 0.252 e. The number of aliphatic hydroxyl groups excluding tert-OH is 1. The van der Waals surface area contributed by atoms with Gasteiger partial charge in [0.05, 0.1) is 30.4 Å². The van der Waals surface area contributed by atoms with Crippen molar-refractivity contribution < 1.29 is 14.6 Å². The van der Waals surface area contributed by atoms with Crippen molar-refractivity contribution in [3.63, 3.8) is 0 Å². The van der Waals surface area contributed by atoms with Gasteiger partial charge in [0.15, 0.2) is 0 Å². The number of nitrogens with zero attached hydrogens (tertiary/aromatic N) is 2. The van der Waals surface area contributed by atoms with Crippen molar-refractivity contribution in [1.82, 2.24) is 4.90 Å². The number of hydrogen-bond donors (Lipinski definition) is 3. The van der Waals surface area contributed by atoms with Crippen molar-refractivity contribution >= 4 is 11.6 Å². The van der Waals surface area contributed by atoms with Crippen molar-refractivity contribution in [2.75, 3.05) is 32.5 Å². The highest BCUT2D eigenvalue weighted by molar-refractivity contribution is 5.96. The first-order valence-electron chi connectivity index (χ1n) is 10.1. The second kappa shape index (κ2) is 9.61. The van der Waals surface area contributed by atoms with Crippen LogP contribution in [0.4, 0.5) is 5.69 Å². The number of primary amides is 1. The molecule has 2 aromatic carbocycles. The molecule has 1 aliphatic heterocycles. The standard InChI is InChI=1S/C23H28N4O3/c1-30-22-11-18(20(25)12-19(22)23(26)29)10-15-6-8-27(9-7-15)14-21(28)17-4-2-16(13-24)3-5-17/h2-5,11-12,15,21,28H,6-10,14,25H2,1H3,(H2,26,29). The van der Waals surface area contributed by atoms with E-state index in [9.17, 15) is 9.90 Å². The lowest BCUT2D eigenvalue weighted by molar-refractivity contribution is 0.0893. The number of nitriles is 1. The Morgan fingerprint density at radius 3 is 2.53 bits per heavy atom. The van der Waals surface area contributed by atoms with E-state index in [-0.39, 0.29) is 0 Å². The van der Waals surface area contributed by atoms with E-state index in [0.29, 0.717) is 35.0 Å². The number of hydrogen-bond acceptors (Lipinski definition) is 6. The van der Waals surface area contributed by atoms with Crippen LogP contribution in [0.25, 0.3) is 0 Å². The highest BCUT2D eigenvalue weighted by atomic mass is 16.5. The number of β-amino-alcohol motifs (C(OH)–C–C–N with tert-alkyl or cyclic N) is 1. The van der Waals surface area contributed by atoms with Gasteiger partial charge in [-0.2, -0.15) is 5.26 Å². The lowest BCUT2D eigenvalue weighted by Crippen LogP contribution is -2.37. The Labute approximate surface area is 176 Å². The van der Waals surface area contributed by atoms with Crippen molar-refractivity contribution in [3.8, 4) is 11.8 Å². The number of rotatable bonds is 7. The molecule has 0 aromatic heterocycles. The second-order valence-corrected chi connectivity index (χ2v) is 7.81. The van der Waals surface area contributed by atoms with Gasteiger partial charge < -0.3 is 26.2 Å². The topological polar surface area (TPSA) is 126 Å². The van der Waals surface area contributed by atoms with Gasteiger partial charge >= 0.3 is 0 Å². The van der Waals surface area contributed by atoms with Gasteiger partial charge in [-0.1, -0.05) is 12.1 Å². The summed E-state index contributed by atoms with van der Waals surface area (Å²) in [4.78, 5) is 13.8. The number of methoxy groups -OCH3 is 1. The minimum absolute atomic E-state index is 0.297. The highest BCUT2D eigenvalue weighted by Gasteiger charge is 2.23. The number of likely N-dealkylation sites (tertiary alicyclic amines) is 1. The average Bonchev–Trinajstić information content (AvgIpc) is 2.76. The summed E-state index contributed by atoms with van der Waals surface area (Å²) in [6.07, 6.45) is 2.24. The highest BCUT2D eigenvalue weighted by Crippen LogP contribution is 2.30. The first-order valence-corrected chi connectivity index (χ1v) is 10.1. The lowest BCUT2D eigenvalue weighted by Gasteiger charge is -2.33. The molecular weight excluding hydrogens is 380 g/mol. The average molecular weight is 409 g/mol. The molecular formula is C23H28N4O3. The molecule has 3 rings (SSSR count). The predicted octanol–water partition coefficient (Wildman–Crippen LogP) is 2.24. The van der Waals surface area contributed by atoms with Crippen LogP contribution in [0.1, 0.15) is 46.0 Å². The molecule has 1 aliphatic rings. The maximum absolute atomic E-state index is 11.5. The van der Waals surface area contributed by atoms with Crippen molar-refractivity contribution in [3.05, 3.63) is 58.7 Å². The summed E-state index contributed by atoms with van der Waals surface area (Å²) in [5.41, 5.74) is 14.8. The molecule has 30 heavy (non-hydrogen) atoms. The molecule has 0 aliphatic carbocycles. The molecule has 7 nitrogen and oxygen atoms in total. The SMILES string of the molecule is COc1cc(CC2CCN(CC(O)c3ccc(C#N)cc3)CC2)c(N)cc1C(N)=O. The largest absolute Gasteiger partial charge is 0.496 e. The van der Waals surface area contributed by atoms with E-state index in [1.807, 2.05) is 18.2 Å². The first-order chi connectivity index (χ1) is 14.4. The number of nitrogens with two attached hydrogens (primary N) is 2. The molecule has 1 atom stereocenters. The van der Waals surface area contributed by atoms with E-state index in [1.54, 1.807) is 18.2 Å². The molecule has 0 saturated carbocycles. The summed E-state index contributed by atoms with van der Waals surface area (Å²) in [7, 11) is 1.51. The molecule has 0 spiro atoms. The van der Waals surface area contributed by atoms with Crippen LogP contribution in [-0.2, 0) is 6.42 Å². The summed E-state index contributed by atoms with van der Waals surface area (Å²) in [6.45, 7) is 2.37. The number of carbonyl (C=O) groups excluding carboxylic acids is 1. The van der Waals surface area contributed by atoms with E-state index in [0.717, 1.165) is 43.5 Å². The van der Waals surface area contributed by atoms with E-state index in [1.165, 1.54) is 7.11 Å². The number of piperidine rings is 1. The molecule has 1 amide bonds. The number of carbonyl (C=O) groups is 1. The van der Waals surface area contributed by atoms with Crippen LogP contribution in [0, 0.1) is 17.2 Å². The minimum Gasteiger partial charge on any atom is -0.496 e. The molecule has 158 valence electrons. The number of anilines is 1. The van der Waals surface area contributed by atoms with Gasteiger partial charge in [-0.3, -0.25) is 4.79 Å². The number of benzene rings is 2. The number of ether oxygens (including phenoxy) is 1. The Kier molecular flexibility index (Phi) is 6.93. The lowest BCUT2D eigenvalue weighted by atomic mass is 9.88. The Hall–Kier alpha value is -3.08. The van der Waals surface area contributed by atoms with Crippen molar-refractivity contribution in [2.45, 2.75) is 25.4 Å². The van der Waals surface area contributed by atoms with Gasteiger partial charge in [0, 0.05) is 12.2 Å². The van der Waals surface area contributed by atoms with Crippen LogP contribution in [0.2, 0.25) is 0 Å². The molecule has 5 N–H and O–H groups in total. The number of nitrogen functional groups attached to an aromatic ring is 1. The first kappa shape index (κ1) is 21.6. The third-order valence-corrected chi connectivity index (χ3v) is 5.80. The molecule has 2 aromatic rings. The fraction of sp³-hybridized carbons (Fsp3) is 0.391. The van der Waals surface area contributed by atoms with Gasteiger partial charge in [-0.25, -0.2) is 0 Å². The van der Waals surface area contributed by atoms with Crippen molar-refractivity contribution in [1.29, 1.82) is 5.26 Å². The van der Waals surface area contributed by atoms with Crippen LogP contribution in [0.3, 0.4) is 0 Å². The maximum Gasteiger partial charge on any atom is 0.252 e. The Morgan fingerprint density at radius 2 is 1.97 bits per heavy atom. The maximum atomic E-state index is 11.5. The molecule has 1 saturated heterocycles. The van der Waals surface area contributed by atoms with Crippen LogP contribution < -0.4 is 16.2 Å². The minimum atomic E-state index is -0.574. The zero-order chi connectivity index (χ0) is 21.7. The Morgan fingerprint density at radius 1 is 1.30 bits per heavy atom. The van der Waals surface area contributed by atoms with Crippen LogP contribution in [-0.4, -0.2) is 42.7 Å². The number of aliphatic hydroxyl groups is 1. The fourth-order valence-electron chi connectivity index (χ4n) is 3.99. The van der Waals surface area contributed by atoms with Crippen LogP contribution in [0.5, 0.6) is 5.75 Å².